The first kappa shape index (κ1) is 33.1. The molecule has 0 aliphatic carbocycles. The van der Waals surface area contributed by atoms with Crippen molar-refractivity contribution in [3.05, 3.63) is 71.9 Å². The Bertz CT molecular complexity index is 1390. The molecule has 0 unspecified atom stereocenters. The van der Waals surface area contributed by atoms with Gasteiger partial charge in [0.2, 0.25) is 5.91 Å². The second-order valence-corrected chi connectivity index (χ2v) is 11.1. The molecule has 0 fully saturated rings. The number of amides is 2. The largest absolute Gasteiger partial charge is 0.469 e. The van der Waals surface area contributed by atoms with Crippen molar-refractivity contribution in [2.45, 2.75) is 63.4 Å². The number of benzene rings is 2. The number of primary amides is 1. The van der Waals surface area contributed by atoms with Crippen LogP contribution in [0.1, 0.15) is 44.4 Å². The van der Waals surface area contributed by atoms with Crippen molar-refractivity contribution in [3.8, 4) is 0 Å². The third-order valence-electron chi connectivity index (χ3n) is 6.74. The maximum Gasteiger partial charge on any atom is 0.408 e. The van der Waals surface area contributed by atoms with Gasteiger partial charge in [0.15, 0.2) is 0 Å². The molecule has 2 aromatic carbocycles. The number of carbonyl (C=O) groups is 4. The molecule has 232 valence electrons. The molecule has 12 heteroatoms. The van der Waals surface area contributed by atoms with Crippen molar-refractivity contribution in [2.75, 3.05) is 20.8 Å². The normalized spacial score (nSPS) is 14.3. The summed E-state index contributed by atoms with van der Waals surface area (Å²) in [4.78, 5) is 53.9. The number of hydrogen-bond acceptors (Lipinski definition) is 9. The number of aromatic amines is 1. The minimum absolute atomic E-state index is 0.0368. The lowest BCUT2D eigenvalue weighted by atomic mass is 9.96. The van der Waals surface area contributed by atoms with Crippen molar-refractivity contribution in [1.82, 2.24) is 20.9 Å². The second kappa shape index (κ2) is 15.2. The van der Waals surface area contributed by atoms with E-state index in [-0.39, 0.29) is 13.0 Å². The molecular formula is C31H41N5O7. The Labute approximate surface area is 251 Å². The van der Waals surface area contributed by atoms with Crippen molar-refractivity contribution in [2.24, 2.45) is 5.73 Å². The molecule has 0 aliphatic heterocycles. The van der Waals surface area contributed by atoms with Gasteiger partial charge in [0.25, 0.3) is 0 Å². The summed E-state index contributed by atoms with van der Waals surface area (Å²) in [6.07, 6.45) is 1.02. The molecule has 2 amide bonds. The maximum atomic E-state index is 13.2. The zero-order valence-corrected chi connectivity index (χ0v) is 25.1. The standard InChI is InChI=1S/C31H41N5O7/c1-31(2,3)43-30(40)36-27(21-17-33-22-14-10-9-13-20(21)22)25(35-24(29(39)42-5)16-26(37)41-4)18-34-23(28(32)38)15-19-11-7-6-8-12-19/h6-14,17,23-25,27,33-35H,15-16,18H2,1-5H3,(H2,32,38)(H,36,40)/t23-,24-,25-,27-/m0/s1. The van der Waals surface area contributed by atoms with Crippen LogP contribution in [-0.4, -0.2) is 73.4 Å². The van der Waals surface area contributed by atoms with E-state index >= 15 is 0 Å². The van der Waals surface area contributed by atoms with Gasteiger partial charge < -0.3 is 35.6 Å². The Kier molecular flexibility index (Phi) is 11.7. The van der Waals surface area contributed by atoms with E-state index in [4.69, 9.17) is 19.9 Å². The molecule has 3 rings (SSSR count). The number of aromatic nitrogens is 1. The molecule has 3 aromatic rings. The third kappa shape index (κ3) is 9.83. The predicted molar refractivity (Wildman–Crippen MR) is 161 cm³/mol. The quantitative estimate of drug-likeness (QED) is 0.139. The van der Waals surface area contributed by atoms with Crippen molar-refractivity contribution >= 4 is 34.8 Å². The van der Waals surface area contributed by atoms with Gasteiger partial charge in [-0.3, -0.25) is 19.7 Å². The van der Waals surface area contributed by atoms with Crippen LogP contribution in [0.15, 0.2) is 60.8 Å². The van der Waals surface area contributed by atoms with Crippen LogP contribution in [0.2, 0.25) is 0 Å². The number of H-pyrrole nitrogens is 1. The van der Waals surface area contributed by atoms with Crippen LogP contribution >= 0.6 is 0 Å². The Morgan fingerprint density at radius 1 is 0.930 bits per heavy atom. The highest BCUT2D eigenvalue weighted by Gasteiger charge is 2.34. The van der Waals surface area contributed by atoms with Gasteiger partial charge in [-0.05, 0) is 38.8 Å². The fraction of sp³-hybridized carbons (Fsp3) is 0.419. The van der Waals surface area contributed by atoms with E-state index in [1.807, 2.05) is 54.6 Å². The number of hydrogen-bond donors (Lipinski definition) is 5. The topological polar surface area (TPSA) is 174 Å². The molecule has 43 heavy (non-hydrogen) atoms. The Morgan fingerprint density at radius 2 is 1.60 bits per heavy atom. The second-order valence-electron chi connectivity index (χ2n) is 11.1. The zero-order valence-electron chi connectivity index (χ0n) is 25.1. The van der Waals surface area contributed by atoms with Crippen LogP contribution in [0, 0.1) is 0 Å². The highest BCUT2D eigenvalue weighted by molar-refractivity contribution is 5.85. The zero-order chi connectivity index (χ0) is 31.6. The summed E-state index contributed by atoms with van der Waals surface area (Å²) in [5.41, 5.74) is 7.37. The van der Waals surface area contributed by atoms with Crippen molar-refractivity contribution < 1.29 is 33.4 Å². The lowest BCUT2D eigenvalue weighted by Gasteiger charge is -2.33. The molecule has 0 radical (unpaired) electrons. The maximum absolute atomic E-state index is 13.2. The minimum atomic E-state index is -1.14. The molecule has 1 aromatic heterocycles. The van der Waals surface area contributed by atoms with E-state index < -0.39 is 53.7 Å². The molecule has 4 atom stereocenters. The van der Waals surface area contributed by atoms with Gasteiger partial charge in [0.05, 0.1) is 32.7 Å². The first-order valence-electron chi connectivity index (χ1n) is 13.9. The molecule has 6 N–H and O–H groups in total. The van der Waals surface area contributed by atoms with Gasteiger partial charge in [0.1, 0.15) is 11.6 Å². The fourth-order valence-electron chi connectivity index (χ4n) is 4.71. The number of nitrogens with two attached hydrogens (primary N) is 1. The van der Waals surface area contributed by atoms with Gasteiger partial charge in [-0.15, -0.1) is 0 Å². The lowest BCUT2D eigenvalue weighted by Crippen LogP contribution is -2.57. The minimum Gasteiger partial charge on any atom is -0.469 e. The predicted octanol–water partition coefficient (Wildman–Crippen LogP) is 2.48. The third-order valence-corrected chi connectivity index (χ3v) is 6.74. The summed E-state index contributed by atoms with van der Waals surface area (Å²) in [6, 6.07) is 13.4. The first-order valence-corrected chi connectivity index (χ1v) is 13.9. The van der Waals surface area contributed by atoms with Crippen LogP contribution in [0.25, 0.3) is 10.9 Å². The van der Waals surface area contributed by atoms with Crippen LogP contribution in [0.4, 0.5) is 4.79 Å². The van der Waals surface area contributed by atoms with E-state index in [2.05, 4.69) is 20.9 Å². The Morgan fingerprint density at radius 3 is 2.23 bits per heavy atom. The number of alkyl carbamates (subject to hydrolysis) is 1. The number of nitrogens with one attached hydrogen (secondary N) is 4. The number of carbonyl (C=O) groups excluding carboxylic acids is 4. The molecule has 1 heterocycles. The fourth-order valence-corrected chi connectivity index (χ4v) is 4.71. The monoisotopic (exact) mass is 595 g/mol. The average molecular weight is 596 g/mol. The van der Waals surface area contributed by atoms with E-state index in [1.165, 1.54) is 14.2 Å². The van der Waals surface area contributed by atoms with E-state index in [0.29, 0.717) is 12.0 Å². The van der Waals surface area contributed by atoms with Crippen LogP contribution in [0.3, 0.4) is 0 Å². The summed E-state index contributed by atoms with van der Waals surface area (Å²) in [6.45, 7) is 5.27. The van der Waals surface area contributed by atoms with Gasteiger partial charge in [-0.2, -0.15) is 0 Å². The van der Waals surface area contributed by atoms with Crippen molar-refractivity contribution in [1.29, 1.82) is 0 Å². The Balaban J connectivity index is 2.05. The average Bonchev–Trinajstić information content (AvgIpc) is 3.39. The number of methoxy groups -OCH3 is 2. The SMILES string of the molecule is COC(=O)C[C@H](N[C@@H](CN[C@@H](Cc1ccccc1)C(N)=O)[C@@H](NC(=O)OC(C)(C)C)c1c[nH]c2ccccc12)C(=O)OC. The van der Waals surface area contributed by atoms with Gasteiger partial charge in [-0.1, -0.05) is 48.5 Å². The molecule has 0 saturated heterocycles. The number of para-hydroxylation sites is 1. The molecule has 0 aliphatic rings. The highest BCUT2D eigenvalue weighted by atomic mass is 16.6. The van der Waals surface area contributed by atoms with Gasteiger partial charge in [0, 0.05) is 35.2 Å². The molecular weight excluding hydrogens is 554 g/mol. The van der Waals surface area contributed by atoms with Gasteiger partial charge >= 0.3 is 18.0 Å². The van der Waals surface area contributed by atoms with Gasteiger partial charge in [-0.25, -0.2) is 4.79 Å². The molecule has 0 bridgehead atoms. The molecule has 0 spiro atoms. The number of fused-ring (bicyclic) bond motifs is 1. The smallest absolute Gasteiger partial charge is 0.408 e. The van der Waals surface area contributed by atoms with Crippen LogP contribution < -0.4 is 21.7 Å². The summed E-state index contributed by atoms with van der Waals surface area (Å²) < 4.78 is 15.4. The van der Waals surface area contributed by atoms with Crippen LogP contribution in [0.5, 0.6) is 0 Å². The summed E-state index contributed by atoms with van der Waals surface area (Å²) >= 11 is 0. The summed E-state index contributed by atoms with van der Waals surface area (Å²) in [5.74, 6) is -1.93. The lowest BCUT2D eigenvalue weighted by molar-refractivity contribution is -0.149. The van der Waals surface area contributed by atoms with E-state index in [9.17, 15) is 19.2 Å². The summed E-state index contributed by atoms with van der Waals surface area (Å²) in [5, 5.41) is 10.1. The summed E-state index contributed by atoms with van der Waals surface area (Å²) in [7, 11) is 2.43. The van der Waals surface area contributed by atoms with E-state index in [0.717, 1.165) is 16.5 Å². The number of rotatable bonds is 14. The Hall–Kier alpha value is -4.42. The molecule has 12 nitrogen and oxygen atoms in total. The van der Waals surface area contributed by atoms with Crippen molar-refractivity contribution in [3.63, 3.8) is 0 Å². The number of esters is 2. The van der Waals surface area contributed by atoms with E-state index in [1.54, 1.807) is 27.0 Å². The first-order chi connectivity index (χ1) is 20.4. The molecule has 0 saturated carbocycles. The van der Waals surface area contributed by atoms with Crippen LogP contribution in [-0.2, 0) is 35.0 Å². The number of ether oxygens (including phenoxy) is 3. The highest BCUT2D eigenvalue weighted by Crippen LogP contribution is 2.27.